The molecule has 2 rings (SSSR count). The van der Waals surface area contributed by atoms with Crippen LogP contribution in [0.5, 0.6) is 11.5 Å². The number of nitrogens with zero attached hydrogens (tertiary/aromatic N) is 1. The molecule has 0 spiro atoms. The Morgan fingerprint density at radius 3 is 2.53 bits per heavy atom. The summed E-state index contributed by atoms with van der Waals surface area (Å²) < 4.78 is 10.4. The molecule has 0 bridgehead atoms. The normalized spacial score (nSPS) is 10.2. The number of amides is 1. The minimum Gasteiger partial charge on any atom is -0.496 e. The van der Waals surface area contributed by atoms with Crippen LogP contribution in [0.1, 0.15) is 10.5 Å². The number of hydrogen-bond acceptors (Lipinski definition) is 4. The molecule has 0 unspecified atom stereocenters. The third-order valence-corrected chi connectivity index (χ3v) is 2.46. The third-order valence-electron chi connectivity index (χ3n) is 2.46. The standard InChI is InChI=1S/C12H12N2O3/c1-16-9-5-3-4-7-10(17-2)6-8(12(13)15)14-11(7)9/h3-6H,1-2H3,(H2,13,15). The van der Waals surface area contributed by atoms with Gasteiger partial charge in [-0.3, -0.25) is 4.79 Å². The van der Waals surface area contributed by atoms with E-state index in [0.717, 1.165) is 5.39 Å². The van der Waals surface area contributed by atoms with Gasteiger partial charge in [-0.05, 0) is 12.1 Å². The Balaban J connectivity index is 2.82. The molecule has 0 aliphatic rings. The average molecular weight is 232 g/mol. The zero-order chi connectivity index (χ0) is 12.4. The number of carbonyl (C=O) groups excluding carboxylic acids is 1. The first kappa shape index (κ1) is 11.2. The van der Waals surface area contributed by atoms with Crippen LogP contribution >= 0.6 is 0 Å². The lowest BCUT2D eigenvalue weighted by molar-refractivity contribution is 0.0995. The van der Waals surface area contributed by atoms with E-state index in [4.69, 9.17) is 15.2 Å². The molecule has 1 aromatic carbocycles. The molecule has 5 nitrogen and oxygen atoms in total. The number of rotatable bonds is 3. The number of pyridine rings is 1. The molecule has 1 heterocycles. The zero-order valence-corrected chi connectivity index (χ0v) is 9.56. The first-order valence-corrected chi connectivity index (χ1v) is 4.99. The van der Waals surface area contributed by atoms with Crippen molar-refractivity contribution in [1.29, 1.82) is 0 Å². The van der Waals surface area contributed by atoms with E-state index in [9.17, 15) is 4.79 Å². The van der Waals surface area contributed by atoms with Crippen LogP contribution in [0, 0.1) is 0 Å². The molecule has 0 saturated carbocycles. The number of methoxy groups -OCH3 is 2. The van der Waals surface area contributed by atoms with E-state index in [1.807, 2.05) is 12.1 Å². The molecule has 0 saturated heterocycles. The summed E-state index contributed by atoms with van der Waals surface area (Å²) in [5, 5.41) is 0.775. The number of hydrogen-bond donors (Lipinski definition) is 1. The maximum atomic E-state index is 11.2. The van der Waals surface area contributed by atoms with Gasteiger partial charge in [0.1, 0.15) is 22.7 Å². The van der Waals surface area contributed by atoms with Crippen LogP contribution in [0.2, 0.25) is 0 Å². The van der Waals surface area contributed by atoms with Gasteiger partial charge in [0.15, 0.2) is 0 Å². The maximum Gasteiger partial charge on any atom is 0.267 e. The lowest BCUT2D eigenvalue weighted by Crippen LogP contribution is -2.13. The van der Waals surface area contributed by atoms with Crippen molar-refractivity contribution in [3.8, 4) is 11.5 Å². The molecule has 88 valence electrons. The van der Waals surface area contributed by atoms with Crippen LogP contribution in [0.15, 0.2) is 24.3 Å². The molecule has 1 amide bonds. The highest BCUT2D eigenvalue weighted by Gasteiger charge is 2.12. The molecule has 2 aromatic rings. The number of ether oxygens (including phenoxy) is 2. The van der Waals surface area contributed by atoms with E-state index in [-0.39, 0.29) is 5.69 Å². The summed E-state index contributed by atoms with van der Waals surface area (Å²) in [5.41, 5.74) is 5.93. The van der Waals surface area contributed by atoms with E-state index in [1.165, 1.54) is 13.2 Å². The van der Waals surface area contributed by atoms with E-state index in [1.54, 1.807) is 13.2 Å². The smallest absolute Gasteiger partial charge is 0.267 e. The first-order chi connectivity index (χ1) is 8.17. The summed E-state index contributed by atoms with van der Waals surface area (Å²) in [4.78, 5) is 15.4. The van der Waals surface area contributed by atoms with E-state index < -0.39 is 5.91 Å². The molecule has 5 heteroatoms. The number of aromatic nitrogens is 1. The second-order valence-corrected chi connectivity index (χ2v) is 3.43. The van der Waals surface area contributed by atoms with E-state index >= 15 is 0 Å². The summed E-state index contributed by atoms with van der Waals surface area (Å²) in [6.45, 7) is 0. The number of para-hydroxylation sites is 1. The first-order valence-electron chi connectivity index (χ1n) is 4.99. The fraction of sp³-hybridized carbons (Fsp3) is 0.167. The Kier molecular flexibility index (Phi) is 2.82. The van der Waals surface area contributed by atoms with Crippen LogP contribution in [0.25, 0.3) is 10.9 Å². The van der Waals surface area contributed by atoms with E-state index in [0.29, 0.717) is 17.0 Å². The van der Waals surface area contributed by atoms with Crippen LogP contribution in [0.4, 0.5) is 0 Å². The Hall–Kier alpha value is -2.30. The van der Waals surface area contributed by atoms with Crippen molar-refractivity contribution in [2.24, 2.45) is 5.73 Å². The lowest BCUT2D eigenvalue weighted by Gasteiger charge is -2.09. The quantitative estimate of drug-likeness (QED) is 0.866. The molecule has 0 aliphatic heterocycles. The van der Waals surface area contributed by atoms with Crippen molar-refractivity contribution < 1.29 is 14.3 Å². The monoisotopic (exact) mass is 232 g/mol. The second-order valence-electron chi connectivity index (χ2n) is 3.43. The molecule has 1 aromatic heterocycles. The fourth-order valence-corrected chi connectivity index (χ4v) is 1.65. The third kappa shape index (κ3) is 1.87. The highest BCUT2D eigenvalue weighted by molar-refractivity contribution is 5.97. The van der Waals surface area contributed by atoms with Crippen LogP contribution in [-0.4, -0.2) is 25.1 Å². The minimum atomic E-state index is -0.601. The molecule has 0 atom stereocenters. The number of primary amides is 1. The zero-order valence-electron chi connectivity index (χ0n) is 9.56. The topological polar surface area (TPSA) is 74.4 Å². The average Bonchev–Trinajstić information content (AvgIpc) is 2.36. The van der Waals surface area contributed by atoms with Gasteiger partial charge in [-0.2, -0.15) is 0 Å². The minimum absolute atomic E-state index is 0.152. The van der Waals surface area contributed by atoms with Crippen LogP contribution < -0.4 is 15.2 Å². The van der Waals surface area contributed by atoms with Gasteiger partial charge in [-0.15, -0.1) is 0 Å². The van der Waals surface area contributed by atoms with Gasteiger partial charge in [0.2, 0.25) is 0 Å². The van der Waals surface area contributed by atoms with Crippen molar-refractivity contribution in [1.82, 2.24) is 4.98 Å². The maximum absolute atomic E-state index is 11.2. The number of benzene rings is 1. The molecule has 17 heavy (non-hydrogen) atoms. The summed E-state index contributed by atoms with van der Waals surface area (Å²) in [6, 6.07) is 6.95. The highest BCUT2D eigenvalue weighted by atomic mass is 16.5. The van der Waals surface area contributed by atoms with Crippen molar-refractivity contribution in [2.45, 2.75) is 0 Å². The number of nitrogens with two attached hydrogens (primary N) is 1. The van der Waals surface area contributed by atoms with Crippen LogP contribution in [-0.2, 0) is 0 Å². The Morgan fingerprint density at radius 2 is 1.94 bits per heavy atom. The van der Waals surface area contributed by atoms with Crippen molar-refractivity contribution in [3.63, 3.8) is 0 Å². The van der Waals surface area contributed by atoms with Crippen molar-refractivity contribution in [2.75, 3.05) is 14.2 Å². The van der Waals surface area contributed by atoms with Crippen molar-refractivity contribution >= 4 is 16.8 Å². The van der Waals surface area contributed by atoms with Gasteiger partial charge in [-0.25, -0.2) is 4.98 Å². The molecular weight excluding hydrogens is 220 g/mol. The lowest BCUT2D eigenvalue weighted by atomic mass is 10.1. The Labute approximate surface area is 98.2 Å². The summed E-state index contributed by atoms with van der Waals surface area (Å²) in [6.07, 6.45) is 0. The largest absolute Gasteiger partial charge is 0.496 e. The number of fused-ring (bicyclic) bond motifs is 1. The second kappa shape index (κ2) is 4.29. The summed E-state index contributed by atoms with van der Waals surface area (Å²) in [7, 11) is 3.07. The van der Waals surface area contributed by atoms with E-state index in [2.05, 4.69) is 4.98 Å². The predicted octanol–water partition coefficient (Wildman–Crippen LogP) is 1.35. The van der Waals surface area contributed by atoms with Crippen molar-refractivity contribution in [3.05, 3.63) is 30.0 Å². The summed E-state index contributed by atoms with van der Waals surface area (Å²) >= 11 is 0. The van der Waals surface area contributed by atoms with Gasteiger partial charge in [-0.1, -0.05) is 6.07 Å². The predicted molar refractivity (Wildman–Crippen MR) is 63.4 cm³/mol. The van der Waals surface area contributed by atoms with Gasteiger partial charge >= 0.3 is 0 Å². The molecule has 2 N–H and O–H groups in total. The SMILES string of the molecule is COc1cc(C(N)=O)nc2c(OC)cccc12. The Bertz CT molecular complexity index is 581. The summed E-state index contributed by atoms with van der Waals surface area (Å²) in [5.74, 6) is 0.516. The molecule has 0 fully saturated rings. The van der Waals surface area contributed by atoms with Gasteiger partial charge in [0.25, 0.3) is 5.91 Å². The van der Waals surface area contributed by atoms with Gasteiger partial charge in [0, 0.05) is 11.5 Å². The van der Waals surface area contributed by atoms with Gasteiger partial charge < -0.3 is 15.2 Å². The Morgan fingerprint density at radius 1 is 1.24 bits per heavy atom. The highest BCUT2D eigenvalue weighted by Crippen LogP contribution is 2.31. The molecule has 0 radical (unpaired) electrons. The fourth-order valence-electron chi connectivity index (χ4n) is 1.65. The molecule has 0 aliphatic carbocycles. The number of carbonyl (C=O) groups is 1. The van der Waals surface area contributed by atoms with Crippen LogP contribution in [0.3, 0.4) is 0 Å². The molecular formula is C12H12N2O3. The van der Waals surface area contributed by atoms with Gasteiger partial charge in [0.05, 0.1) is 14.2 Å².